The molecule has 21 heavy (non-hydrogen) atoms. The van der Waals surface area contributed by atoms with Gasteiger partial charge in [-0.05, 0) is 31.0 Å². The highest BCUT2D eigenvalue weighted by molar-refractivity contribution is 6.30. The molecule has 6 heteroatoms. The summed E-state index contributed by atoms with van der Waals surface area (Å²) in [4.78, 5) is 25.0. The number of carboxylic acids is 1. The molecule has 5 nitrogen and oxygen atoms in total. The fraction of sp³-hybridized carbons (Fsp3) is 0.467. The zero-order chi connectivity index (χ0) is 15.6. The molecule has 1 aromatic carbocycles. The molecule has 1 aliphatic heterocycles. The van der Waals surface area contributed by atoms with E-state index in [1.807, 2.05) is 6.92 Å². The monoisotopic (exact) mass is 311 g/mol. The van der Waals surface area contributed by atoms with Crippen LogP contribution in [0.3, 0.4) is 0 Å². The second kappa shape index (κ2) is 6.35. The molecule has 1 N–H and O–H groups in total. The molecule has 1 aliphatic rings. The molecule has 1 fully saturated rings. The van der Waals surface area contributed by atoms with Crippen molar-refractivity contribution in [2.75, 3.05) is 13.1 Å². The first-order valence-electron chi connectivity index (χ1n) is 6.82. The number of halogens is 1. The lowest BCUT2D eigenvalue weighted by atomic mass is 9.99. The predicted octanol–water partition coefficient (Wildman–Crippen LogP) is 2.29. The number of aliphatic carboxylic acids is 1. The first-order valence-corrected chi connectivity index (χ1v) is 7.20. The summed E-state index contributed by atoms with van der Waals surface area (Å²) in [7, 11) is 0. The van der Waals surface area contributed by atoms with Gasteiger partial charge in [0.05, 0.1) is 5.92 Å². The Kier molecular flexibility index (Phi) is 4.73. The highest BCUT2D eigenvalue weighted by Crippen LogP contribution is 2.25. The minimum Gasteiger partial charge on any atom is -0.481 e. The van der Waals surface area contributed by atoms with Crippen LogP contribution in [0.4, 0.5) is 0 Å². The number of hydrogen-bond acceptors (Lipinski definition) is 3. The summed E-state index contributed by atoms with van der Waals surface area (Å²) in [6, 6.07) is 6.83. The largest absolute Gasteiger partial charge is 0.481 e. The standard InChI is InChI=1S/C15H18ClNO4/c1-9-7-17(8-13(9)15(19)20)14(18)10(2)21-12-5-3-4-11(16)6-12/h3-6,9-10,13H,7-8H2,1-2H3,(H,19,20). The molecular formula is C15H18ClNO4. The molecule has 0 bridgehead atoms. The lowest BCUT2D eigenvalue weighted by Gasteiger charge is -2.21. The molecular weight excluding hydrogens is 294 g/mol. The lowest BCUT2D eigenvalue weighted by Crippen LogP contribution is -2.39. The highest BCUT2D eigenvalue weighted by Gasteiger charge is 2.38. The molecule has 1 aromatic rings. The Morgan fingerprint density at radius 3 is 2.71 bits per heavy atom. The zero-order valence-electron chi connectivity index (χ0n) is 12.0. The first-order chi connectivity index (χ1) is 9.88. The molecule has 0 aliphatic carbocycles. The molecule has 1 heterocycles. The van der Waals surface area contributed by atoms with Crippen LogP contribution in [-0.4, -0.2) is 41.1 Å². The Morgan fingerprint density at radius 1 is 1.43 bits per heavy atom. The maximum absolute atomic E-state index is 12.3. The molecule has 1 amide bonds. The molecule has 0 aromatic heterocycles. The third kappa shape index (κ3) is 3.67. The van der Waals surface area contributed by atoms with E-state index in [1.54, 1.807) is 36.1 Å². The fourth-order valence-electron chi connectivity index (χ4n) is 2.52. The number of carbonyl (C=O) groups is 2. The van der Waals surface area contributed by atoms with E-state index in [-0.39, 0.29) is 18.4 Å². The molecule has 3 atom stereocenters. The smallest absolute Gasteiger partial charge is 0.308 e. The fourth-order valence-corrected chi connectivity index (χ4v) is 2.70. The van der Waals surface area contributed by atoms with Gasteiger partial charge in [-0.15, -0.1) is 0 Å². The van der Waals surface area contributed by atoms with Crippen molar-refractivity contribution in [3.8, 4) is 5.75 Å². The van der Waals surface area contributed by atoms with Crippen molar-refractivity contribution in [1.29, 1.82) is 0 Å². The Bertz CT molecular complexity index is 548. The van der Waals surface area contributed by atoms with Crippen molar-refractivity contribution in [2.24, 2.45) is 11.8 Å². The molecule has 3 unspecified atom stereocenters. The van der Waals surface area contributed by atoms with E-state index < -0.39 is 18.0 Å². The van der Waals surface area contributed by atoms with Gasteiger partial charge in [0.2, 0.25) is 0 Å². The van der Waals surface area contributed by atoms with E-state index in [4.69, 9.17) is 21.4 Å². The van der Waals surface area contributed by atoms with Crippen LogP contribution in [0.25, 0.3) is 0 Å². The number of carboxylic acid groups (broad SMARTS) is 1. The van der Waals surface area contributed by atoms with Crippen molar-refractivity contribution in [2.45, 2.75) is 20.0 Å². The summed E-state index contributed by atoms with van der Waals surface area (Å²) in [6.07, 6.45) is -0.678. The van der Waals surface area contributed by atoms with Gasteiger partial charge in [-0.2, -0.15) is 0 Å². The van der Waals surface area contributed by atoms with E-state index in [1.165, 1.54) is 0 Å². The number of amides is 1. The Balaban J connectivity index is 1.99. The molecule has 2 rings (SSSR count). The quantitative estimate of drug-likeness (QED) is 0.926. The number of ether oxygens (including phenoxy) is 1. The number of hydrogen-bond donors (Lipinski definition) is 1. The Hall–Kier alpha value is -1.75. The maximum Gasteiger partial charge on any atom is 0.308 e. The number of benzene rings is 1. The van der Waals surface area contributed by atoms with Crippen LogP contribution in [0, 0.1) is 11.8 Å². The van der Waals surface area contributed by atoms with Gasteiger partial charge in [-0.1, -0.05) is 24.6 Å². The Morgan fingerprint density at radius 2 is 2.14 bits per heavy atom. The highest BCUT2D eigenvalue weighted by atomic mass is 35.5. The lowest BCUT2D eigenvalue weighted by molar-refractivity contribution is -0.142. The minimum absolute atomic E-state index is 0.0511. The normalized spacial score (nSPS) is 22.9. The summed E-state index contributed by atoms with van der Waals surface area (Å²) in [5.74, 6) is -1.10. The zero-order valence-corrected chi connectivity index (χ0v) is 12.7. The van der Waals surface area contributed by atoms with E-state index >= 15 is 0 Å². The summed E-state index contributed by atoms with van der Waals surface area (Å²) in [5, 5.41) is 9.64. The molecule has 0 saturated carbocycles. The van der Waals surface area contributed by atoms with Crippen molar-refractivity contribution >= 4 is 23.5 Å². The number of rotatable bonds is 4. The third-order valence-electron chi connectivity index (χ3n) is 3.70. The van der Waals surface area contributed by atoms with Gasteiger partial charge in [0, 0.05) is 18.1 Å². The third-order valence-corrected chi connectivity index (χ3v) is 3.93. The van der Waals surface area contributed by atoms with E-state index in [2.05, 4.69) is 0 Å². The van der Waals surface area contributed by atoms with Crippen LogP contribution in [-0.2, 0) is 9.59 Å². The van der Waals surface area contributed by atoms with Gasteiger partial charge in [0.15, 0.2) is 6.10 Å². The van der Waals surface area contributed by atoms with Crippen LogP contribution in [0.5, 0.6) is 5.75 Å². The van der Waals surface area contributed by atoms with Crippen LogP contribution in [0.15, 0.2) is 24.3 Å². The topological polar surface area (TPSA) is 66.8 Å². The number of nitrogens with zero attached hydrogens (tertiary/aromatic N) is 1. The number of carbonyl (C=O) groups excluding carboxylic acids is 1. The molecule has 0 spiro atoms. The van der Waals surface area contributed by atoms with Gasteiger partial charge in [0.25, 0.3) is 5.91 Å². The van der Waals surface area contributed by atoms with E-state index in [0.717, 1.165) is 0 Å². The summed E-state index contributed by atoms with van der Waals surface area (Å²) >= 11 is 5.87. The maximum atomic E-state index is 12.3. The summed E-state index contributed by atoms with van der Waals surface area (Å²) in [6.45, 7) is 4.17. The van der Waals surface area contributed by atoms with Crippen LogP contribution < -0.4 is 4.74 Å². The van der Waals surface area contributed by atoms with Crippen LogP contribution in [0.2, 0.25) is 5.02 Å². The average Bonchev–Trinajstić information content (AvgIpc) is 2.80. The van der Waals surface area contributed by atoms with Crippen molar-refractivity contribution in [3.05, 3.63) is 29.3 Å². The molecule has 114 valence electrons. The van der Waals surface area contributed by atoms with Gasteiger partial charge in [-0.3, -0.25) is 9.59 Å². The van der Waals surface area contributed by atoms with Crippen molar-refractivity contribution < 1.29 is 19.4 Å². The Labute approximate surface area is 128 Å². The van der Waals surface area contributed by atoms with Crippen LogP contribution >= 0.6 is 11.6 Å². The van der Waals surface area contributed by atoms with Gasteiger partial charge in [0.1, 0.15) is 5.75 Å². The van der Waals surface area contributed by atoms with Gasteiger partial charge < -0.3 is 14.7 Å². The second-order valence-electron chi connectivity index (χ2n) is 5.38. The molecule has 0 radical (unpaired) electrons. The predicted molar refractivity (Wildman–Crippen MR) is 78.4 cm³/mol. The first kappa shape index (κ1) is 15.6. The second-order valence-corrected chi connectivity index (χ2v) is 5.82. The SMILES string of the molecule is CC(Oc1cccc(Cl)c1)C(=O)N1CC(C)C(C(=O)O)C1. The number of likely N-dealkylation sites (tertiary alicyclic amines) is 1. The van der Waals surface area contributed by atoms with Gasteiger partial charge in [-0.25, -0.2) is 0 Å². The summed E-state index contributed by atoms with van der Waals surface area (Å²) in [5.41, 5.74) is 0. The molecule has 1 saturated heterocycles. The van der Waals surface area contributed by atoms with E-state index in [0.29, 0.717) is 17.3 Å². The van der Waals surface area contributed by atoms with Crippen molar-refractivity contribution in [1.82, 2.24) is 4.90 Å². The minimum atomic E-state index is -0.860. The average molecular weight is 312 g/mol. The summed E-state index contributed by atoms with van der Waals surface area (Å²) < 4.78 is 5.58. The van der Waals surface area contributed by atoms with E-state index in [9.17, 15) is 9.59 Å². The van der Waals surface area contributed by atoms with Gasteiger partial charge >= 0.3 is 5.97 Å². The van der Waals surface area contributed by atoms with Crippen molar-refractivity contribution in [3.63, 3.8) is 0 Å². The van der Waals surface area contributed by atoms with Crippen LogP contribution in [0.1, 0.15) is 13.8 Å².